The molecule has 0 bridgehead atoms. The predicted octanol–water partition coefficient (Wildman–Crippen LogP) is 1.32. The maximum absolute atomic E-state index is 14.4. The van der Waals surface area contributed by atoms with E-state index in [0.717, 1.165) is 0 Å². The van der Waals surface area contributed by atoms with Crippen LogP contribution in [-0.4, -0.2) is 71.7 Å². The van der Waals surface area contributed by atoms with E-state index in [-0.39, 0.29) is 42.3 Å². The number of aldehydes is 1. The Morgan fingerprint density at radius 3 is 2.67 bits per heavy atom. The second kappa shape index (κ2) is 10.5. The summed E-state index contributed by atoms with van der Waals surface area (Å²) < 4.78 is 25.9. The quantitative estimate of drug-likeness (QED) is 0.469. The number of carbonyl (C=O) groups excluding carboxylic acids is 3. The van der Waals surface area contributed by atoms with Crippen molar-refractivity contribution in [1.29, 1.82) is 0 Å². The smallest absolute Gasteiger partial charge is 0.247 e. The second-order valence-electron chi connectivity index (χ2n) is 8.64. The molecular formula is C26H27FN2O7. The van der Waals surface area contributed by atoms with E-state index in [1.165, 1.54) is 49.3 Å². The average Bonchev–Trinajstić information content (AvgIpc) is 3.26. The van der Waals surface area contributed by atoms with Gasteiger partial charge in [0, 0.05) is 42.3 Å². The molecule has 1 aliphatic carbocycles. The Morgan fingerprint density at radius 2 is 2.03 bits per heavy atom. The molecule has 0 saturated carbocycles. The van der Waals surface area contributed by atoms with Crippen molar-refractivity contribution in [3.8, 4) is 11.5 Å². The number of rotatable bonds is 8. The van der Waals surface area contributed by atoms with E-state index in [1.807, 2.05) is 0 Å². The van der Waals surface area contributed by atoms with Gasteiger partial charge < -0.3 is 29.9 Å². The molecule has 190 valence electrons. The Bertz CT molecular complexity index is 1210. The van der Waals surface area contributed by atoms with Gasteiger partial charge in [-0.25, -0.2) is 4.39 Å². The lowest BCUT2D eigenvalue weighted by Gasteiger charge is -2.40. The van der Waals surface area contributed by atoms with Gasteiger partial charge >= 0.3 is 0 Å². The van der Waals surface area contributed by atoms with Crippen LogP contribution in [0.25, 0.3) is 0 Å². The van der Waals surface area contributed by atoms with Gasteiger partial charge in [-0.15, -0.1) is 0 Å². The summed E-state index contributed by atoms with van der Waals surface area (Å²) in [6.07, 6.45) is -0.182. The van der Waals surface area contributed by atoms with E-state index in [9.17, 15) is 29.0 Å². The number of carbonyl (C=O) groups is 3. The van der Waals surface area contributed by atoms with Crippen LogP contribution in [0.15, 0.2) is 48.0 Å². The van der Waals surface area contributed by atoms with E-state index in [1.54, 1.807) is 12.1 Å². The first-order valence-corrected chi connectivity index (χ1v) is 11.4. The highest BCUT2D eigenvalue weighted by Crippen LogP contribution is 2.51. The zero-order valence-electron chi connectivity index (χ0n) is 19.8. The molecule has 4 rings (SSSR count). The molecule has 3 N–H and O–H groups in total. The van der Waals surface area contributed by atoms with Gasteiger partial charge in [-0.3, -0.25) is 14.4 Å². The van der Waals surface area contributed by atoms with Crippen LogP contribution in [0.4, 0.5) is 4.39 Å². The van der Waals surface area contributed by atoms with Crippen molar-refractivity contribution in [2.75, 3.05) is 20.3 Å². The molecule has 0 unspecified atom stereocenters. The molecule has 1 heterocycles. The van der Waals surface area contributed by atoms with Gasteiger partial charge in [0.1, 0.15) is 24.3 Å². The van der Waals surface area contributed by atoms with Crippen molar-refractivity contribution < 1.29 is 38.5 Å². The van der Waals surface area contributed by atoms with Crippen molar-refractivity contribution in [1.82, 2.24) is 10.2 Å². The van der Waals surface area contributed by atoms with E-state index < -0.39 is 41.8 Å². The zero-order valence-corrected chi connectivity index (χ0v) is 19.8. The summed E-state index contributed by atoms with van der Waals surface area (Å²) >= 11 is 0. The minimum Gasteiger partial charge on any atom is -0.493 e. The molecule has 0 spiro atoms. The molecule has 4 atom stereocenters. The third-order valence-corrected chi connectivity index (χ3v) is 6.47. The number of benzene rings is 2. The van der Waals surface area contributed by atoms with Crippen LogP contribution in [-0.2, 0) is 16.1 Å². The number of fused-ring (bicyclic) bond motifs is 3. The van der Waals surface area contributed by atoms with Gasteiger partial charge in [-0.2, -0.15) is 0 Å². The highest BCUT2D eigenvalue weighted by Gasteiger charge is 2.51. The number of nitrogens with zero attached hydrogens (tertiary/aromatic N) is 1. The van der Waals surface area contributed by atoms with E-state index in [4.69, 9.17) is 9.47 Å². The maximum Gasteiger partial charge on any atom is 0.247 e. The lowest BCUT2D eigenvalue weighted by atomic mass is 9.77. The Labute approximate surface area is 207 Å². The van der Waals surface area contributed by atoms with Gasteiger partial charge in [0.05, 0.1) is 25.7 Å². The highest BCUT2D eigenvalue weighted by molar-refractivity contribution is 5.96. The number of amides is 2. The summed E-state index contributed by atoms with van der Waals surface area (Å²) in [4.78, 5) is 38.7. The molecule has 0 fully saturated rings. The Hall–Kier alpha value is -3.76. The summed E-state index contributed by atoms with van der Waals surface area (Å²) in [5, 5.41) is 23.2. The monoisotopic (exact) mass is 498 g/mol. The van der Waals surface area contributed by atoms with Crippen LogP contribution in [0.5, 0.6) is 11.5 Å². The van der Waals surface area contributed by atoms with Crippen LogP contribution in [0.1, 0.15) is 34.3 Å². The Kier molecular flexibility index (Phi) is 7.37. The van der Waals surface area contributed by atoms with E-state index >= 15 is 0 Å². The highest BCUT2D eigenvalue weighted by atomic mass is 19.1. The molecule has 0 radical (unpaired) electrons. The summed E-state index contributed by atoms with van der Waals surface area (Å²) in [7, 11) is 1.41. The number of ether oxygens (including phenoxy) is 2. The van der Waals surface area contributed by atoms with Gasteiger partial charge in [0.15, 0.2) is 11.5 Å². The molecule has 2 aromatic carbocycles. The van der Waals surface area contributed by atoms with Gasteiger partial charge in [-0.1, -0.05) is 18.2 Å². The molecule has 9 nitrogen and oxygen atoms in total. The van der Waals surface area contributed by atoms with Crippen molar-refractivity contribution in [2.45, 2.75) is 37.6 Å². The van der Waals surface area contributed by atoms with Crippen LogP contribution in [0.2, 0.25) is 0 Å². The molecule has 0 saturated heterocycles. The number of methoxy groups -OCH3 is 1. The topological polar surface area (TPSA) is 125 Å². The number of aliphatic hydroxyl groups is 2. The third-order valence-electron chi connectivity index (χ3n) is 6.47. The summed E-state index contributed by atoms with van der Waals surface area (Å²) in [6, 6.07) is 8.02. The normalized spacial score (nSPS) is 22.0. The first-order valence-electron chi connectivity index (χ1n) is 11.4. The first kappa shape index (κ1) is 25.3. The van der Waals surface area contributed by atoms with E-state index in [2.05, 4.69) is 5.32 Å². The van der Waals surface area contributed by atoms with Crippen molar-refractivity contribution in [3.63, 3.8) is 0 Å². The van der Waals surface area contributed by atoms with Gasteiger partial charge in [0.25, 0.3) is 0 Å². The number of hydrogen-bond donors (Lipinski definition) is 3. The minimum atomic E-state index is -1.29. The Morgan fingerprint density at radius 1 is 1.28 bits per heavy atom. The SMILES string of the molecule is COc1cc(C=O)cc2c1O[C@@H]1[C@@H](O)[C@H](N(Cc3ccccc3F)C(C)=O)C=C(C(=O)NCCO)[C@H]21. The fourth-order valence-corrected chi connectivity index (χ4v) is 4.80. The fourth-order valence-electron chi connectivity index (χ4n) is 4.80. The molecule has 2 aromatic rings. The number of nitrogens with one attached hydrogen (secondary N) is 1. The predicted molar refractivity (Wildman–Crippen MR) is 126 cm³/mol. The average molecular weight is 499 g/mol. The lowest BCUT2D eigenvalue weighted by molar-refractivity contribution is -0.135. The second-order valence-corrected chi connectivity index (χ2v) is 8.64. The number of hydrogen-bond acceptors (Lipinski definition) is 7. The number of halogens is 1. The third kappa shape index (κ3) is 4.57. The van der Waals surface area contributed by atoms with E-state index in [0.29, 0.717) is 17.4 Å². The van der Waals surface area contributed by atoms with Gasteiger partial charge in [-0.05, 0) is 24.3 Å². The first-order chi connectivity index (χ1) is 17.3. The van der Waals surface area contributed by atoms with Gasteiger partial charge in [0.2, 0.25) is 11.8 Å². The van der Waals surface area contributed by atoms with Crippen molar-refractivity contribution >= 4 is 18.1 Å². The molecule has 2 aliphatic rings. The molecule has 10 heteroatoms. The van der Waals surface area contributed by atoms with Crippen LogP contribution in [0, 0.1) is 5.82 Å². The molecule has 36 heavy (non-hydrogen) atoms. The summed E-state index contributed by atoms with van der Waals surface area (Å²) in [5.41, 5.74) is 1.21. The Balaban J connectivity index is 1.81. The standard InChI is InChI=1S/C26H27FN2O7/c1-14(32)29(12-16-5-3-4-6-19(16)27)20-11-18(26(34)28-7-8-30)22-17-9-15(13-31)10-21(35-2)24(17)36-25(22)23(20)33/h3-6,9-11,13,20,22-23,25,30,33H,7-8,12H2,1-2H3,(H,28,34)/t20-,22+,23+,25+/m1/s1. The van der Waals surface area contributed by atoms with Crippen molar-refractivity contribution in [3.05, 3.63) is 70.6 Å². The molecule has 2 amide bonds. The largest absolute Gasteiger partial charge is 0.493 e. The summed E-state index contributed by atoms with van der Waals surface area (Å²) in [6.45, 7) is 0.845. The van der Waals surface area contributed by atoms with Crippen molar-refractivity contribution in [2.24, 2.45) is 0 Å². The molecule has 0 aromatic heterocycles. The molecular weight excluding hydrogens is 471 g/mol. The van der Waals surface area contributed by atoms with Crippen LogP contribution < -0.4 is 14.8 Å². The van der Waals surface area contributed by atoms with Crippen LogP contribution >= 0.6 is 0 Å². The molecule has 1 aliphatic heterocycles. The lowest BCUT2D eigenvalue weighted by Crippen LogP contribution is -2.55. The zero-order chi connectivity index (χ0) is 26.0. The number of aliphatic hydroxyl groups excluding tert-OH is 2. The van der Waals surface area contributed by atoms with Crippen LogP contribution in [0.3, 0.4) is 0 Å². The fraction of sp³-hybridized carbons (Fsp3) is 0.346. The maximum atomic E-state index is 14.4. The summed E-state index contributed by atoms with van der Waals surface area (Å²) in [5.74, 6) is -1.71. The minimum absolute atomic E-state index is 0.0160.